The molecule has 0 atom stereocenters. The van der Waals surface area contributed by atoms with Gasteiger partial charge in [-0.25, -0.2) is 0 Å². The molecule has 0 fully saturated rings. The quantitative estimate of drug-likeness (QED) is 0.190. The third kappa shape index (κ3) is 3.79. The van der Waals surface area contributed by atoms with Gasteiger partial charge in [-0.15, -0.1) is 0 Å². The molecule has 0 unspecified atom stereocenters. The summed E-state index contributed by atoms with van der Waals surface area (Å²) in [5, 5.41) is 0. The maximum Gasteiger partial charge on any atom is 0.0545 e. The lowest BCUT2D eigenvalue weighted by Crippen LogP contribution is -2.19. The van der Waals surface area contributed by atoms with Gasteiger partial charge in [0.1, 0.15) is 0 Å². The average molecular weight is 622 g/mol. The number of fused-ring (bicyclic) bond motifs is 9. The number of benzene rings is 6. The van der Waals surface area contributed by atoms with E-state index in [1.54, 1.807) is 0 Å². The Labute approximate surface area is 285 Å². The first-order valence-corrected chi connectivity index (χ1v) is 17.4. The van der Waals surface area contributed by atoms with Crippen LogP contribution < -0.4 is 4.90 Å². The highest BCUT2D eigenvalue weighted by molar-refractivity contribution is 5.97. The Hall–Kier alpha value is -4.88. The first kappa shape index (κ1) is 29.3. The fourth-order valence-corrected chi connectivity index (χ4v) is 9.35. The van der Waals surface area contributed by atoms with Crippen LogP contribution in [0, 0.1) is 13.8 Å². The van der Waals surface area contributed by atoms with Gasteiger partial charge in [-0.1, -0.05) is 132 Å². The minimum Gasteiger partial charge on any atom is -0.310 e. The molecule has 1 nitrogen and oxygen atoms in total. The molecule has 0 spiro atoms. The summed E-state index contributed by atoms with van der Waals surface area (Å²) in [6, 6.07) is 44.2. The Morgan fingerprint density at radius 3 is 1.38 bits per heavy atom. The molecule has 0 amide bonds. The highest BCUT2D eigenvalue weighted by Crippen LogP contribution is 2.57. The number of anilines is 3. The molecule has 3 aliphatic carbocycles. The molecule has 0 aromatic heterocycles. The Morgan fingerprint density at radius 2 is 0.812 bits per heavy atom. The highest BCUT2D eigenvalue weighted by Gasteiger charge is 2.41. The third-order valence-corrected chi connectivity index (χ3v) is 11.9. The Kier molecular flexibility index (Phi) is 5.86. The second-order valence-corrected chi connectivity index (χ2v) is 16.0. The smallest absolute Gasteiger partial charge is 0.0545 e. The normalized spacial score (nSPS) is 16.4. The van der Waals surface area contributed by atoms with Crippen LogP contribution >= 0.6 is 0 Å². The van der Waals surface area contributed by atoms with Crippen molar-refractivity contribution in [1.29, 1.82) is 0 Å². The molecule has 0 radical (unpaired) electrons. The summed E-state index contributed by atoms with van der Waals surface area (Å²) < 4.78 is 0. The van der Waals surface area contributed by atoms with Gasteiger partial charge in [-0.3, -0.25) is 0 Å². The SMILES string of the molecule is Cc1ccc2c(c1)C(C)(C)c1cc(C)cc(N(c3ccc4c(c3)C(C)(C)c3ccccc3-4)c3ccc4c(c3)C(C)(C)c3ccccc3-4)c1-2. The summed E-state index contributed by atoms with van der Waals surface area (Å²) in [5.41, 5.74) is 22.5. The molecule has 0 saturated carbocycles. The van der Waals surface area contributed by atoms with Gasteiger partial charge in [-0.05, 0) is 111 Å². The third-order valence-electron chi connectivity index (χ3n) is 11.9. The zero-order chi connectivity index (χ0) is 33.3. The van der Waals surface area contributed by atoms with E-state index in [9.17, 15) is 0 Å². The van der Waals surface area contributed by atoms with Gasteiger partial charge >= 0.3 is 0 Å². The van der Waals surface area contributed by atoms with E-state index >= 15 is 0 Å². The van der Waals surface area contributed by atoms with E-state index in [1.807, 2.05) is 0 Å². The van der Waals surface area contributed by atoms with Crippen molar-refractivity contribution >= 4 is 17.1 Å². The summed E-state index contributed by atoms with van der Waals surface area (Å²) in [7, 11) is 0. The van der Waals surface area contributed by atoms with Crippen LogP contribution in [0.2, 0.25) is 0 Å². The van der Waals surface area contributed by atoms with Crippen molar-refractivity contribution in [3.05, 3.63) is 160 Å². The number of hydrogen-bond acceptors (Lipinski definition) is 1. The zero-order valence-electron chi connectivity index (χ0n) is 29.4. The number of nitrogens with zero attached hydrogens (tertiary/aromatic N) is 1. The van der Waals surface area contributed by atoms with Gasteiger partial charge in [0.25, 0.3) is 0 Å². The van der Waals surface area contributed by atoms with Crippen molar-refractivity contribution in [2.45, 2.75) is 71.6 Å². The maximum atomic E-state index is 2.57. The average Bonchev–Trinajstić information content (AvgIpc) is 3.54. The number of aryl methyl sites for hydroxylation is 2. The maximum absolute atomic E-state index is 2.57. The minimum atomic E-state index is -0.0910. The molecule has 0 aliphatic heterocycles. The van der Waals surface area contributed by atoms with E-state index in [2.05, 4.69) is 176 Å². The fourth-order valence-electron chi connectivity index (χ4n) is 9.35. The molecule has 48 heavy (non-hydrogen) atoms. The van der Waals surface area contributed by atoms with E-state index in [4.69, 9.17) is 0 Å². The topological polar surface area (TPSA) is 3.24 Å². The van der Waals surface area contributed by atoms with Crippen LogP contribution in [0.25, 0.3) is 33.4 Å². The molecule has 1 heteroatoms. The van der Waals surface area contributed by atoms with Gasteiger partial charge in [0, 0.05) is 33.2 Å². The molecule has 0 bridgehead atoms. The van der Waals surface area contributed by atoms with Crippen LogP contribution in [-0.2, 0) is 16.2 Å². The molecule has 236 valence electrons. The Balaban J connectivity index is 1.33. The molecule has 9 rings (SSSR count). The monoisotopic (exact) mass is 621 g/mol. The second kappa shape index (κ2) is 9.60. The second-order valence-electron chi connectivity index (χ2n) is 16.0. The van der Waals surface area contributed by atoms with Crippen LogP contribution in [0.3, 0.4) is 0 Å². The molecule has 0 N–H and O–H groups in total. The summed E-state index contributed by atoms with van der Waals surface area (Å²) >= 11 is 0. The standard InChI is InChI=1S/C47H43N/c1-28-17-20-36-39(23-28)47(7,8)42-24-29(2)25-43(44(36)42)48(30-18-21-34-32-13-9-11-15-37(32)45(3,4)40(34)26-30)31-19-22-35-33-14-10-12-16-38(33)46(5,6)41(35)27-31/h9-27H,1-8H3. The Morgan fingerprint density at radius 1 is 0.375 bits per heavy atom. The summed E-state index contributed by atoms with van der Waals surface area (Å²) in [6.45, 7) is 18.8. The molecular weight excluding hydrogens is 579 g/mol. The number of hydrogen-bond donors (Lipinski definition) is 0. The minimum absolute atomic E-state index is 0.0875. The van der Waals surface area contributed by atoms with Crippen LogP contribution in [0.15, 0.2) is 115 Å². The summed E-state index contributed by atoms with van der Waals surface area (Å²) in [4.78, 5) is 2.57. The van der Waals surface area contributed by atoms with Crippen LogP contribution in [0.4, 0.5) is 17.1 Å². The van der Waals surface area contributed by atoms with Crippen molar-refractivity contribution in [3.63, 3.8) is 0 Å². The fraction of sp³-hybridized carbons (Fsp3) is 0.234. The Bertz CT molecular complexity index is 2240. The van der Waals surface area contributed by atoms with E-state index < -0.39 is 0 Å². The van der Waals surface area contributed by atoms with Gasteiger partial charge < -0.3 is 4.90 Å². The van der Waals surface area contributed by atoms with Crippen LogP contribution in [0.5, 0.6) is 0 Å². The van der Waals surface area contributed by atoms with Crippen molar-refractivity contribution in [3.8, 4) is 33.4 Å². The van der Waals surface area contributed by atoms with Gasteiger partial charge in [0.05, 0.1) is 5.69 Å². The summed E-state index contributed by atoms with van der Waals surface area (Å²) in [6.07, 6.45) is 0. The predicted octanol–water partition coefficient (Wildman–Crippen LogP) is 12.7. The lowest BCUT2D eigenvalue weighted by Gasteiger charge is -2.32. The lowest BCUT2D eigenvalue weighted by atomic mass is 9.81. The van der Waals surface area contributed by atoms with Crippen LogP contribution in [0.1, 0.15) is 86.1 Å². The van der Waals surface area contributed by atoms with Crippen LogP contribution in [-0.4, -0.2) is 0 Å². The molecule has 6 aromatic carbocycles. The highest BCUT2D eigenvalue weighted by atomic mass is 15.1. The van der Waals surface area contributed by atoms with E-state index in [0.717, 1.165) is 0 Å². The lowest BCUT2D eigenvalue weighted by molar-refractivity contribution is 0.659. The van der Waals surface area contributed by atoms with E-state index in [1.165, 1.54) is 95.0 Å². The molecule has 3 aliphatic rings. The predicted molar refractivity (Wildman–Crippen MR) is 203 cm³/mol. The largest absolute Gasteiger partial charge is 0.310 e. The molecule has 6 aromatic rings. The molecule has 0 saturated heterocycles. The van der Waals surface area contributed by atoms with E-state index in [0.29, 0.717) is 0 Å². The first-order valence-electron chi connectivity index (χ1n) is 17.4. The molecular formula is C47H43N. The molecule has 0 heterocycles. The van der Waals surface area contributed by atoms with Crippen molar-refractivity contribution in [2.75, 3.05) is 4.90 Å². The first-order chi connectivity index (χ1) is 22.9. The van der Waals surface area contributed by atoms with Gasteiger partial charge in [-0.2, -0.15) is 0 Å². The zero-order valence-corrected chi connectivity index (χ0v) is 29.4. The van der Waals surface area contributed by atoms with Crippen molar-refractivity contribution in [1.82, 2.24) is 0 Å². The number of rotatable bonds is 3. The van der Waals surface area contributed by atoms with Gasteiger partial charge in [0.2, 0.25) is 0 Å². The van der Waals surface area contributed by atoms with Crippen molar-refractivity contribution in [2.24, 2.45) is 0 Å². The van der Waals surface area contributed by atoms with E-state index in [-0.39, 0.29) is 16.2 Å². The van der Waals surface area contributed by atoms with Gasteiger partial charge in [0.15, 0.2) is 0 Å². The summed E-state index contributed by atoms with van der Waals surface area (Å²) in [5.74, 6) is 0. The van der Waals surface area contributed by atoms with Crippen molar-refractivity contribution < 1.29 is 0 Å².